The molecule has 0 atom stereocenters. The maximum Gasteiger partial charge on any atom is 0.0569 e. The molecule has 4 heteroatoms. The molecule has 16 aromatic carbocycles. The molecule has 2 heterocycles. The van der Waals surface area contributed by atoms with Crippen LogP contribution in [0.5, 0.6) is 0 Å². The van der Waals surface area contributed by atoms with Gasteiger partial charge in [0.2, 0.25) is 0 Å². The van der Waals surface area contributed by atoms with Crippen LogP contribution in [0.15, 0.2) is 291 Å². The highest BCUT2D eigenvalue weighted by Crippen LogP contribution is 2.51. The Morgan fingerprint density at radius 3 is 0.891 bits per heavy atom. The van der Waals surface area contributed by atoms with Crippen LogP contribution in [0.25, 0.3) is 138 Å². The Hall–Kier alpha value is -10.9. The highest BCUT2D eigenvalue weighted by Gasteiger charge is 2.26. The fraction of sp³-hybridized carbons (Fsp3) is 0.0455. The predicted octanol–water partition coefficient (Wildman–Crippen LogP) is 26.5. The molecule has 0 saturated heterocycles. The molecule has 0 radical (unpaired) electrons. The van der Waals surface area contributed by atoms with E-state index in [-0.39, 0.29) is 0 Å². The number of hydrogen-bond donors (Lipinski definition) is 0. The molecule has 0 bridgehead atoms. The van der Waals surface area contributed by atoms with E-state index in [0.29, 0.717) is 0 Å². The van der Waals surface area contributed by atoms with E-state index >= 15 is 0 Å². The zero-order valence-corrected chi connectivity index (χ0v) is 53.1. The summed E-state index contributed by atoms with van der Waals surface area (Å²) in [5.74, 6) is 0. The smallest absolute Gasteiger partial charge is 0.0569 e. The van der Waals surface area contributed by atoms with E-state index in [4.69, 9.17) is 0 Å². The molecule has 0 spiro atoms. The molecule has 2 aromatic heterocycles. The van der Waals surface area contributed by atoms with Crippen LogP contribution in [0, 0.1) is 27.7 Å². The standard InChI is InChI=1S/C88H60N2S2/c1-53-19-17-31-63(59-37-45-85-79(49-59)75-29-13-15-33-83(75)91-85)87(53)89(61-39-41-73-69-25-7-5-21-65(69)67-23-9-11-27-71(67)77(73)51-61)81-43-35-57(47-55(81)3)58-36-44-82(56(4)48-58)90(62-40-42-74-70-26-8-6-22-66(70)68-24-10-12-28-72(68)78(74)52-62)88-54(2)20-18-32-64(88)60-38-46-86-80(50-60)76-30-14-16-34-84(76)92-86/h5-52H,1-4H3. The molecule has 0 aliphatic rings. The van der Waals surface area contributed by atoms with Crippen molar-refractivity contribution in [3.63, 3.8) is 0 Å². The summed E-state index contributed by atoms with van der Waals surface area (Å²) in [6.45, 7) is 9.14. The molecule has 0 aliphatic heterocycles. The van der Waals surface area contributed by atoms with Gasteiger partial charge in [0.15, 0.2) is 0 Å². The first-order valence-electron chi connectivity index (χ1n) is 31.8. The van der Waals surface area contributed by atoms with Gasteiger partial charge >= 0.3 is 0 Å². The van der Waals surface area contributed by atoms with Crippen LogP contribution in [0.2, 0.25) is 0 Å². The van der Waals surface area contributed by atoms with Crippen LogP contribution < -0.4 is 9.80 Å². The molecule has 2 nitrogen and oxygen atoms in total. The lowest BCUT2D eigenvalue weighted by atomic mass is 9.92. The predicted molar refractivity (Wildman–Crippen MR) is 402 cm³/mol. The van der Waals surface area contributed by atoms with Crippen molar-refractivity contribution >= 4 is 162 Å². The summed E-state index contributed by atoms with van der Waals surface area (Å²) in [6, 6.07) is 110. The topological polar surface area (TPSA) is 6.48 Å². The molecular formula is C88H60N2S2. The van der Waals surface area contributed by atoms with Gasteiger partial charge in [-0.25, -0.2) is 0 Å². The van der Waals surface area contributed by atoms with E-state index in [1.807, 2.05) is 22.7 Å². The van der Waals surface area contributed by atoms with Crippen LogP contribution in [0.4, 0.5) is 34.1 Å². The lowest BCUT2D eigenvalue weighted by Gasteiger charge is -2.32. The maximum absolute atomic E-state index is 2.54. The number of aryl methyl sites for hydroxylation is 4. The van der Waals surface area contributed by atoms with Crippen molar-refractivity contribution in [3.05, 3.63) is 313 Å². The van der Waals surface area contributed by atoms with Gasteiger partial charge in [0.25, 0.3) is 0 Å². The molecule has 0 N–H and O–H groups in total. The summed E-state index contributed by atoms with van der Waals surface area (Å²) in [5.41, 5.74) is 18.7. The van der Waals surface area contributed by atoms with E-state index in [2.05, 4.69) is 329 Å². The molecule has 18 aromatic rings. The van der Waals surface area contributed by atoms with E-state index < -0.39 is 0 Å². The lowest BCUT2D eigenvalue weighted by Crippen LogP contribution is -2.14. The first-order chi connectivity index (χ1) is 45.3. The Kier molecular flexibility index (Phi) is 12.6. The van der Waals surface area contributed by atoms with Gasteiger partial charge < -0.3 is 9.80 Å². The summed E-state index contributed by atoms with van der Waals surface area (Å²) in [5, 5.41) is 20.3. The first kappa shape index (κ1) is 54.1. The normalized spacial score (nSPS) is 11.9. The molecular weight excluding hydrogens is 1150 g/mol. The average molecular weight is 1210 g/mol. The van der Waals surface area contributed by atoms with Gasteiger partial charge in [-0.1, -0.05) is 206 Å². The largest absolute Gasteiger partial charge is 0.309 e. The van der Waals surface area contributed by atoms with Gasteiger partial charge in [0.05, 0.1) is 11.4 Å². The number of benzene rings is 16. The van der Waals surface area contributed by atoms with E-state index in [9.17, 15) is 0 Å². The van der Waals surface area contributed by atoms with Crippen LogP contribution in [-0.4, -0.2) is 0 Å². The summed E-state index contributed by atoms with van der Waals surface area (Å²) in [7, 11) is 0. The second kappa shape index (κ2) is 21.4. The second-order valence-electron chi connectivity index (χ2n) is 24.9. The Labute approximate surface area is 542 Å². The van der Waals surface area contributed by atoms with Crippen molar-refractivity contribution in [1.29, 1.82) is 0 Å². The summed E-state index contributed by atoms with van der Waals surface area (Å²) >= 11 is 3.73. The Bertz CT molecular complexity index is 5660. The SMILES string of the molecule is Cc1cc(-c2ccc(N(c3ccc4c5ccccc5c5ccccc5c4c3)c3c(C)cccc3-c3ccc4sc5ccccc5c4c3)c(C)c2)ccc1N(c1ccc2c3ccccc3c3ccccc3c2c1)c1c(C)cccc1-c1ccc2sc3ccccc3c2c1. The highest BCUT2D eigenvalue weighted by molar-refractivity contribution is 7.26. The molecule has 18 rings (SSSR count). The van der Waals surface area contributed by atoms with Gasteiger partial charge in [-0.2, -0.15) is 0 Å². The van der Waals surface area contributed by atoms with E-state index in [0.717, 1.165) is 22.7 Å². The van der Waals surface area contributed by atoms with Crippen molar-refractivity contribution < 1.29 is 0 Å². The minimum absolute atomic E-state index is 1.11. The van der Waals surface area contributed by atoms with Crippen LogP contribution in [0.3, 0.4) is 0 Å². The first-order valence-corrected chi connectivity index (χ1v) is 33.4. The number of nitrogens with zero attached hydrogens (tertiary/aromatic N) is 2. The Morgan fingerprint density at radius 1 is 0.207 bits per heavy atom. The van der Waals surface area contributed by atoms with Gasteiger partial charge in [-0.15, -0.1) is 22.7 Å². The second-order valence-corrected chi connectivity index (χ2v) is 27.0. The fourth-order valence-corrected chi connectivity index (χ4v) is 17.4. The molecule has 92 heavy (non-hydrogen) atoms. The van der Waals surface area contributed by atoms with Gasteiger partial charge in [0, 0.05) is 74.2 Å². The summed E-state index contributed by atoms with van der Waals surface area (Å²) < 4.78 is 5.22. The molecule has 434 valence electrons. The molecule has 0 fully saturated rings. The molecule has 0 amide bonds. The monoisotopic (exact) mass is 1210 g/mol. The quantitative estimate of drug-likeness (QED) is 0.133. The van der Waals surface area contributed by atoms with Crippen molar-refractivity contribution in [2.24, 2.45) is 0 Å². The number of anilines is 6. The Balaban J connectivity index is 0.807. The number of thiophene rings is 2. The number of rotatable bonds is 9. The maximum atomic E-state index is 2.54. The van der Waals surface area contributed by atoms with Crippen molar-refractivity contribution in [2.75, 3.05) is 9.80 Å². The number of hydrogen-bond acceptors (Lipinski definition) is 4. The zero-order valence-electron chi connectivity index (χ0n) is 51.4. The average Bonchev–Trinajstić information content (AvgIpc) is 1.38. The number of fused-ring (bicyclic) bond motifs is 18. The summed E-state index contributed by atoms with van der Waals surface area (Å²) in [6.07, 6.45) is 0. The Morgan fingerprint density at radius 2 is 0.522 bits per heavy atom. The van der Waals surface area contributed by atoms with Gasteiger partial charge in [-0.05, 0) is 222 Å². The van der Waals surface area contributed by atoms with Crippen LogP contribution in [0.1, 0.15) is 22.3 Å². The van der Waals surface area contributed by atoms with Crippen molar-refractivity contribution in [2.45, 2.75) is 27.7 Å². The third kappa shape index (κ3) is 8.59. The molecule has 0 aliphatic carbocycles. The molecule has 0 unspecified atom stereocenters. The fourth-order valence-electron chi connectivity index (χ4n) is 15.2. The van der Waals surface area contributed by atoms with Crippen molar-refractivity contribution in [3.8, 4) is 33.4 Å². The van der Waals surface area contributed by atoms with Crippen LogP contribution >= 0.6 is 22.7 Å². The van der Waals surface area contributed by atoms with Gasteiger partial charge in [0.1, 0.15) is 0 Å². The van der Waals surface area contributed by atoms with E-state index in [1.54, 1.807) is 0 Å². The number of para-hydroxylation sites is 2. The lowest BCUT2D eigenvalue weighted by molar-refractivity contribution is 1.23. The summed E-state index contributed by atoms with van der Waals surface area (Å²) in [4.78, 5) is 5.09. The highest BCUT2D eigenvalue weighted by atomic mass is 32.1. The zero-order chi connectivity index (χ0) is 61.3. The minimum atomic E-state index is 1.11. The van der Waals surface area contributed by atoms with Gasteiger partial charge in [-0.3, -0.25) is 0 Å². The van der Waals surface area contributed by atoms with Crippen molar-refractivity contribution in [1.82, 2.24) is 0 Å². The third-order valence-corrected chi connectivity index (χ3v) is 21.8. The minimum Gasteiger partial charge on any atom is -0.309 e. The van der Waals surface area contributed by atoms with Crippen LogP contribution in [-0.2, 0) is 0 Å². The van der Waals surface area contributed by atoms with E-state index in [1.165, 1.54) is 172 Å². The third-order valence-electron chi connectivity index (χ3n) is 19.5. The molecule has 0 saturated carbocycles.